The molecular formula is C13H15N3OS. The number of amidine groups is 1. The van der Waals surface area contributed by atoms with Crippen LogP contribution in [0.1, 0.15) is 24.4 Å². The molecule has 94 valence electrons. The van der Waals surface area contributed by atoms with Crippen LogP contribution in [0.4, 0.5) is 4.79 Å². The number of carbonyl (C=O) groups is 1. The summed E-state index contributed by atoms with van der Waals surface area (Å²) in [6.45, 7) is 0. The Morgan fingerprint density at radius 3 is 2.56 bits per heavy atom. The maximum atomic E-state index is 11.8. The largest absolute Gasteiger partial charge is 0.323 e. The van der Waals surface area contributed by atoms with Gasteiger partial charge in [0.25, 0.3) is 0 Å². The molecule has 1 atom stereocenters. The number of rotatable bonds is 3. The lowest BCUT2D eigenvalue weighted by Gasteiger charge is -2.22. The van der Waals surface area contributed by atoms with Gasteiger partial charge in [0.15, 0.2) is 0 Å². The summed E-state index contributed by atoms with van der Waals surface area (Å²) < 4.78 is 0. The standard InChI is InChI=1S/C13H15N3OS/c1-18-10-6-2-8(3-7-10)11-12(14)15-13(17)16(11)9-4-5-9/h2-3,6-7,9,11H,4-5H2,1H3,(H2,14,15,17). The number of amides is 2. The fourth-order valence-electron chi connectivity index (χ4n) is 2.35. The smallest absolute Gasteiger partial charge is 0.307 e. The second-order valence-corrected chi connectivity index (χ2v) is 5.54. The highest BCUT2D eigenvalue weighted by molar-refractivity contribution is 7.98. The summed E-state index contributed by atoms with van der Waals surface area (Å²) >= 11 is 1.69. The second-order valence-electron chi connectivity index (χ2n) is 4.66. The third-order valence-corrected chi connectivity index (χ3v) is 4.14. The van der Waals surface area contributed by atoms with Gasteiger partial charge in [0.05, 0.1) is 0 Å². The van der Waals surface area contributed by atoms with Crippen molar-refractivity contribution in [3.63, 3.8) is 0 Å². The van der Waals surface area contributed by atoms with Crippen molar-refractivity contribution in [1.29, 1.82) is 5.41 Å². The number of nitrogens with zero attached hydrogens (tertiary/aromatic N) is 1. The highest BCUT2D eigenvalue weighted by Gasteiger charge is 2.44. The van der Waals surface area contributed by atoms with Crippen LogP contribution >= 0.6 is 11.8 Å². The normalized spacial score (nSPS) is 23.4. The van der Waals surface area contributed by atoms with Crippen molar-refractivity contribution < 1.29 is 4.79 Å². The van der Waals surface area contributed by atoms with Crippen LogP contribution in [0, 0.1) is 5.41 Å². The van der Waals surface area contributed by atoms with Gasteiger partial charge in [-0.25, -0.2) is 4.79 Å². The molecule has 5 heteroatoms. The number of carbonyl (C=O) groups excluding carboxylic acids is 1. The third-order valence-electron chi connectivity index (χ3n) is 3.40. The number of hydrogen-bond acceptors (Lipinski definition) is 3. The third kappa shape index (κ3) is 1.88. The Morgan fingerprint density at radius 1 is 1.33 bits per heavy atom. The zero-order valence-electron chi connectivity index (χ0n) is 10.1. The molecule has 2 N–H and O–H groups in total. The monoisotopic (exact) mass is 261 g/mol. The Labute approximate surface area is 110 Å². The van der Waals surface area contributed by atoms with Gasteiger partial charge in [0.2, 0.25) is 0 Å². The van der Waals surface area contributed by atoms with E-state index >= 15 is 0 Å². The van der Waals surface area contributed by atoms with Gasteiger partial charge >= 0.3 is 6.03 Å². The first kappa shape index (κ1) is 11.6. The average molecular weight is 261 g/mol. The topological polar surface area (TPSA) is 56.2 Å². The Kier molecular flexibility index (Phi) is 2.78. The molecule has 1 aromatic carbocycles. The Hall–Kier alpha value is -1.49. The summed E-state index contributed by atoms with van der Waals surface area (Å²) in [7, 11) is 0. The molecule has 1 saturated heterocycles. The van der Waals surface area contributed by atoms with Crippen molar-refractivity contribution in [2.24, 2.45) is 0 Å². The van der Waals surface area contributed by atoms with Gasteiger partial charge in [0, 0.05) is 10.9 Å². The highest BCUT2D eigenvalue weighted by atomic mass is 32.2. The van der Waals surface area contributed by atoms with Crippen molar-refractivity contribution in [1.82, 2.24) is 10.2 Å². The minimum atomic E-state index is -0.221. The molecule has 0 aromatic heterocycles. The summed E-state index contributed by atoms with van der Waals surface area (Å²) in [4.78, 5) is 14.9. The first-order valence-corrected chi connectivity index (χ1v) is 7.25. The van der Waals surface area contributed by atoms with E-state index in [-0.39, 0.29) is 12.1 Å². The van der Waals surface area contributed by atoms with E-state index in [1.165, 1.54) is 4.90 Å². The molecule has 0 bridgehead atoms. The predicted molar refractivity (Wildman–Crippen MR) is 72.1 cm³/mol. The Bertz CT molecular complexity index is 495. The summed E-state index contributed by atoms with van der Waals surface area (Å²) in [6, 6.07) is 8.09. The van der Waals surface area contributed by atoms with Crippen molar-refractivity contribution >= 4 is 23.6 Å². The lowest BCUT2D eigenvalue weighted by molar-refractivity contribution is 0.202. The van der Waals surface area contributed by atoms with Crippen LogP contribution in [0.3, 0.4) is 0 Å². The molecule has 1 aliphatic heterocycles. The Balaban J connectivity index is 1.92. The maximum Gasteiger partial charge on any atom is 0.323 e. The van der Waals surface area contributed by atoms with Crippen LogP contribution in [-0.4, -0.2) is 29.1 Å². The fourth-order valence-corrected chi connectivity index (χ4v) is 2.76. The molecule has 1 heterocycles. The maximum absolute atomic E-state index is 11.8. The number of urea groups is 1. The summed E-state index contributed by atoms with van der Waals surface area (Å²) in [6.07, 6.45) is 4.15. The lowest BCUT2D eigenvalue weighted by Crippen LogP contribution is -2.31. The first-order chi connectivity index (χ1) is 8.70. The first-order valence-electron chi connectivity index (χ1n) is 6.02. The van der Waals surface area contributed by atoms with E-state index in [1.807, 2.05) is 35.4 Å². The highest BCUT2D eigenvalue weighted by Crippen LogP contribution is 2.37. The predicted octanol–water partition coefficient (Wildman–Crippen LogP) is 2.61. The van der Waals surface area contributed by atoms with Crippen LogP contribution in [0.5, 0.6) is 0 Å². The molecule has 2 aliphatic rings. The van der Waals surface area contributed by atoms with E-state index in [9.17, 15) is 4.79 Å². The zero-order chi connectivity index (χ0) is 12.7. The number of nitrogens with one attached hydrogen (secondary N) is 2. The van der Waals surface area contributed by atoms with Crippen LogP contribution in [0.15, 0.2) is 29.2 Å². The van der Waals surface area contributed by atoms with Crippen molar-refractivity contribution in [2.75, 3.05) is 6.26 Å². The van der Waals surface area contributed by atoms with E-state index in [0.29, 0.717) is 11.9 Å². The molecule has 2 amide bonds. The van der Waals surface area contributed by atoms with Crippen LogP contribution in [0.2, 0.25) is 0 Å². The van der Waals surface area contributed by atoms with E-state index in [4.69, 9.17) is 5.41 Å². The lowest BCUT2D eigenvalue weighted by atomic mass is 10.1. The fraction of sp³-hybridized carbons (Fsp3) is 0.385. The number of hydrogen-bond donors (Lipinski definition) is 2. The number of benzene rings is 1. The summed E-state index contributed by atoms with van der Waals surface area (Å²) in [5.74, 6) is 0.295. The molecule has 3 rings (SSSR count). The minimum Gasteiger partial charge on any atom is -0.307 e. The van der Waals surface area contributed by atoms with Gasteiger partial charge in [-0.1, -0.05) is 12.1 Å². The molecule has 1 aromatic rings. The molecule has 0 radical (unpaired) electrons. The molecule has 2 fully saturated rings. The molecule has 1 saturated carbocycles. The quantitative estimate of drug-likeness (QED) is 0.822. The van der Waals surface area contributed by atoms with Gasteiger partial charge in [-0.3, -0.25) is 10.7 Å². The molecular weight excluding hydrogens is 246 g/mol. The molecule has 0 spiro atoms. The summed E-state index contributed by atoms with van der Waals surface area (Å²) in [5, 5.41) is 10.6. The molecule has 18 heavy (non-hydrogen) atoms. The van der Waals surface area contributed by atoms with Crippen LogP contribution < -0.4 is 5.32 Å². The van der Waals surface area contributed by atoms with E-state index in [2.05, 4.69) is 5.32 Å². The van der Waals surface area contributed by atoms with Gasteiger partial charge in [-0.05, 0) is 36.8 Å². The zero-order valence-corrected chi connectivity index (χ0v) is 11.0. The number of thioether (sulfide) groups is 1. The van der Waals surface area contributed by atoms with Gasteiger partial charge in [0.1, 0.15) is 11.9 Å². The van der Waals surface area contributed by atoms with Gasteiger partial charge < -0.3 is 4.90 Å². The van der Waals surface area contributed by atoms with Crippen LogP contribution in [0.25, 0.3) is 0 Å². The van der Waals surface area contributed by atoms with Gasteiger partial charge in [-0.15, -0.1) is 11.8 Å². The van der Waals surface area contributed by atoms with Crippen molar-refractivity contribution in [2.45, 2.75) is 29.8 Å². The Morgan fingerprint density at radius 2 is 2.00 bits per heavy atom. The SMILES string of the molecule is CSc1ccc(C2C(=N)NC(=O)N2C2CC2)cc1. The van der Waals surface area contributed by atoms with Crippen LogP contribution in [-0.2, 0) is 0 Å². The second kappa shape index (κ2) is 4.31. The minimum absolute atomic E-state index is 0.124. The van der Waals surface area contributed by atoms with E-state index in [1.54, 1.807) is 11.8 Å². The van der Waals surface area contributed by atoms with Crippen molar-refractivity contribution in [3.05, 3.63) is 29.8 Å². The molecule has 1 unspecified atom stereocenters. The molecule has 1 aliphatic carbocycles. The van der Waals surface area contributed by atoms with Crippen molar-refractivity contribution in [3.8, 4) is 0 Å². The van der Waals surface area contributed by atoms with E-state index in [0.717, 1.165) is 18.4 Å². The van der Waals surface area contributed by atoms with E-state index < -0.39 is 0 Å². The summed E-state index contributed by atoms with van der Waals surface area (Å²) in [5.41, 5.74) is 1.02. The molecule has 4 nitrogen and oxygen atoms in total. The average Bonchev–Trinajstić information content (AvgIpc) is 3.15. The van der Waals surface area contributed by atoms with Gasteiger partial charge in [-0.2, -0.15) is 0 Å².